The average Bonchev–Trinajstić information content (AvgIpc) is 3.17. The van der Waals surface area contributed by atoms with Crippen molar-refractivity contribution < 1.29 is 8.78 Å². The first-order chi connectivity index (χ1) is 12.2. The minimum Gasteiger partial charge on any atom is -0.286 e. The van der Waals surface area contributed by atoms with Crippen LogP contribution < -0.4 is 0 Å². The average molecular weight is 351 g/mol. The summed E-state index contributed by atoms with van der Waals surface area (Å²) in [6, 6.07) is 14.4. The zero-order valence-corrected chi connectivity index (χ0v) is 13.7. The van der Waals surface area contributed by atoms with E-state index in [2.05, 4.69) is 11.1 Å². The Labute approximate surface area is 146 Å². The van der Waals surface area contributed by atoms with Crippen molar-refractivity contribution in [2.45, 2.75) is 6.42 Å². The Hall–Kier alpha value is -3.04. The molecule has 0 spiro atoms. The number of benzene rings is 2. The van der Waals surface area contributed by atoms with E-state index in [-0.39, 0.29) is 18.1 Å². The van der Waals surface area contributed by atoms with Gasteiger partial charge in [0, 0.05) is 10.9 Å². The van der Waals surface area contributed by atoms with Gasteiger partial charge in [0.1, 0.15) is 11.6 Å². The van der Waals surface area contributed by atoms with E-state index in [1.807, 2.05) is 9.78 Å². The highest BCUT2D eigenvalue weighted by Crippen LogP contribution is 2.33. The Morgan fingerprint density at radius 2 is 1.56 bits per heavy atom. The summed E-state index contributed by atoms with van der Waals surface area (Å²) < 4.78 is 28.3. The van der Waals surface area contributed by atoms with Crippen molar-refractivity contribution in [1.29, 1.82) is 5.26 Å². The minimum atomic E-state index is -0.321. The van der Waals surface area contributed by atoms with Crippen LogP contribution in [0.25, 0.3) is 27.5 Å². The standard InChI is InChI=1S/C19H11F2N3S/c20-14-5-1-12(2-6-14)17-11-25-19-23-18(16(9-10-22)24(17)19)13-3-7-15(21)8-4-13/h1-8,11H,9H2. The minimum absolute atomic E-state index is 0.165. The maximum Gasteiger partial charge on any atom is 0.194 e. The number of nitrogens with zero attached hydrogens (tertiary/aromatic N) is 3. The van der Waals surface area contributed by atoms with Crippen LogP contribution in [0.4, 0.5) is 8.78 Å². The highest BCUT2D eigenvalue weighted by Gasteiger charge is 2.18. The summed E-state index contributed by atoms with van der Waals surface area (Å²) >= 11 is 1.45. The van der Waals surface area contributed by atoms with Gasteiger partial charge in [-0.15, -0.1) is 11.3 Å². The monoisotopic (exact) mass is 351 g/mol. The lowest BCUT2D eigenvalue weighted by molar-refractivity contribution is 0.627. The molecule has 0 radical (unpaired) electrons. The molecule has 0 N–H and O–H groups in total. The van der Waals surface area contributed by atoms with Gasteiger partial charge in [0.05, 0.1) is 29.6 Å². The number of rotatable bonds is 3. The summed E-state index contributed by atoms with van der Waals surface area (Å²) in [5, 5.41) is 11.2. The van der Waals surface area contributed by atoms with Crippen LogP contribution in [0, 0.1) is 23.0 Å². The normalized spacial score (nSPS) is 10.9. The van der Waals surface area contributed by atoms with E-state index in [9.17, 15) is 14.0 Å². The van der Waals surface area contributed by atoms with Gasteiger partial charge in [0.15, 0.2) is 4.96 Å². The summed E-state index contributed by atoms with van der Waals surface area (Å²) in [6.07, 6.45) is 0.165. The van der Waals surface area contributed by atoms with Gasteiger partial charge in [-0.3, -0.25) is 4.40 Å². The van der Waals surface area contributed by atoms with Gasteiger partial charge >= 0.3 is 0 Å². The fraction of sp³-hybridized carbons (Fsp3) is 0.0526. The van der Waals surface area contributed by atoms with Crippen LogP contribution in [0.2, 0.25) is 0 Å². The molecule has 0 aliphatic rings. The number of halogens is 2. The van der Waals surface area contributed by atoms with Gasteiger partial charge in [-0.2, -0.15) is 5.26 Å². The van der Waals surface area contributed by atoms with E-state index in [1.54, 1.807) is 24.3 Å². The molecule has 25 heavy (non-hydrogen) atoms. The van der Waals surface area contributed by atoms with E-state index < -0.39 is 0 Å². The predicted octanol–water partition coefficient (Wildman–Crippen LogP) is 5.07. The van der Waals surface area contributed by atoms with E-state index in [4.69, 9.17) is 0 Å². The van der Waals surface area contributed by atoms with Crippen LogP contribution in [0.1, 0.15) is 5.69 Å². The first-order valence-corrected chi connectivity index (χ1v) is 8.43. The third-order valence-corrected chi connectivity index (χ3v) is 4.79. The number of hydrogen-bond donors (Lipinski definition) is 0. The molecule has 2 aromatic heterocycles. The second kappa shape index (κ2) is 6.11. The molecule has 0 saturated heterocycles. The summed E-state index contributed by atoms with van der Waals surface area (Å²) in [7, 11) is 0. The molecule has 4 aromatic rings. The van der Waals surface area contributed by atoms with E-state index >= 15 is 0 Å². The van der Waals surface area contributed by atoms with Gasteiger partial charge in [0.25, 0.3) is 0 Å². The molecule has 2 heterocycles. The number of aromatic nitrogens is 2. The lowest BCUT2D eigenvalue weighted by atomic mass is 10.1. The third-order valence-electron chi connectivity index (χ3n) is 3.96. The molecule has 0 aliphatic heterocycles. The molecule has 6 heteroatoms. The SMILES string of the molecule is N#CCc1c(-c2ccc(F)cc2)nc2scc(-c3ccc(F)cc3)n12. The van der Waals surface area contributed by atoms with Crippen LogP contribution in [0.15, 0.2) is 53.9 Å². The molecule has 2 aromatic carbocycles. The molecule has 3 nitrogen and oxygen atoms in total. The fourth-order valence-electron chi connectivity index (χ4n) is 2.81. The lowest BCUT2D eigenvalue weighted by Gasteiger charge is -2.05. The van der Waals surface area contributed by atoms with Crippen LogP contribution in [0.5, 0.6) is 0 Å². The van der Waals surface area contributed by atoms with Crippen molar-refractivity contribution in [1.82, 2.24) is 9.38 Å². The summed E-state index contributed by atoms with van der Waals surface area (Å²) in [5.74, 6) is -0.622. The van der Waals surface area contributed by atoms with E-state index in [0.29, 0.717) is 5.69 Å². The van der Waals surface area contributed by atoms with Crippen molar-refractivity contribution in [2.75, 3.05) is 0 Å². The van der Waals surface area contributed by atoms with Gasteiger partial charge in [-0.05, 0) is 54.1 Å². The van der Waals surface area contributed by atoms with Crippen LogP contribution in [-0.4, -0.2) is 9.38 Å². The number of imidazole rings is 1. The van der Waals surface area contributed by atoms with Crippen molar-refractivity contribution in [3.8, 4) is 28.6 Å². The van der Waals surface area contributed by atoms with Crippen molar-refractivity contribution >= 4 is 16.3 Å². The van der Waals surface area contributed by atoms with Crippen LogP contribution in [0.3, 0.4) is 0 Å². The molecule has 0 bridgehead atoms. The molecule has 0 fully saturated rings. The Balaban J connectivity index is 1.94. The van der Waals surface area contributed by atoms with Crippen molar-refractivity contribution in [2.24, 2.45) is 0 Å². The number of nitriles is 1. The zero-order valence-electron chi connectivity index (χ0n) is 12.9. The smallest absolute Gasteiger partial charge is 0.194 e. The van der Waals surface area contributed by atoms with Gasteiger partial charge in [0.2, 0.25) is 0 Å². The number of thiazole rings is 1. The molecule has 0 amide bonds. The Morgan fingerprint density at radius 1 is 0.960 bits per heavy atom. The zero-order chi connectivity index (χ0) is 17.4. The second-order valence-electron chi connectivity index (χ2n) is 5.49. The molecule has 0 unspecified atom stereocenters. The molecule has 122 valence electrons. The summed E-state index contributed by atoms with van der Waals surface area (Å²) in [5.41, 5.74) is 3.86. The quantitative estimate of drug-likeness (QED) is 0.517. The van der Waals surface area contributed by atoms with Gasteiger partial charge in [-0.1, -0.05) is 0 Å². The molecule has 0 atom stereocenters. The first-order valence-electron chi connectivity index (χ1n) is 7.55. The maximum atomic E-state index is 13.2. The predicted molar refractivity (Wildman–Crippen MR) is 93.2 cm³/mol. The molecular formula is C19H11F2N3S. The molecule has 0 saturated carbocycles. The Kier molecular flexibility index (Phi) is 3.79. The Bertz CT molecular complexity index is 1090. The summed E-state index contributed by atoms with van der Waals surface area (Å²) in [4.78, 5) is 5.37. The van der Waals surface area contributed by atoms with Crippen molar-refractivity contribution in [3.63, 3.8) is 0 Å². The molecular weight excluding hydrogens is 340 g/mol. The molecule has 4 rings (SSSR count). The Morgan fingerprint density at radius 3 is 2.16 bits per heavy atom. The fourth-order valence-corrected chi connectivity index (χ4v) is 3.73. The third kappa shape index (κ3) is 2.69. The summed E-state index contributed by atoms with van der Waals surface area (Å²) in [6.45, 7) is 0. The van der Waals surface area contributed by atoms with Gasteiger partial charge in [-0.25, -0.2) is 13.8 Å². The topological polar surface area (TPSA) is 41.1 Å². The van der Waals surface area contributed by atoms with Crippen molar-refractivity contribution in [3.05, 3.63) is 71.2 Å². The highest BCUT2D eigenvalue weighted by molar-refractivity contribution is 7.15. The van der Waals surface area contributed by atoms with Gasteiger partial charge < -0.3 is 0 Å². The number of hydrogen-bond acceptors (Lipinski definition) is 3. The maximum absolute atomic E-state index is 13.2. The van der Waals surface area contributed by atoms with Crippen LogP contribution in [-0.2, 0) is 6.42 Å². The largest absolute Gasteiger partial charge is 0.286 e. The highest BCUT2D eigenvalue weighted by atomic mass is 32.1. The second-order valence-corrected chi connectivity index (χ2v) is 6.33. The van der Waals surface area contributed by atoms with E-state index in [1.165, 1.54) is 35.6 Å². The number of fused-ring (bicyclic) bond motifs is 1. The first kappa shape index (κ1) is 15.5. The molecule has 0 aliphatic carbocycles. The van der Waals surface area contributed by atoms with Crippen LogP contribution >= 0.6 is 11.3 Å². The lowest BCUT2D eigenvalue weighted by Crippen LogP contribution is -1.95. The van der Waals surface area contributed by atoms with E-state index in [0.717, 1.165) is 27.5 Å².